The second-order valence-corrected chi connectivity index (χ2v) is 16.5. The lowest BCUT2D eigenvalue weighted by Gasteiger charge is -2.30. The molecule has 3 N–H and O–H groups in total. The summed E-state index contributed by atoms with van der Waals surface area (Å²) < 4.78 is 49.6. The lowest BCUT2D eigenvalue weighted by Crippen LogP contribution is -2.58. The summed E-state index contributed by atoms with van der Waals surface area (Å²) in [6.07, 6.45) is 7.20. The van der Waals surface area contributed by atoms with Crippen molar-refractivity contribution in [3.05, 3.63) is 59.3 Å². The molecule has 1 saturated heterocycles. The lowest BCUT2D eigenvalue weighted by molar-refractivity contribution is -0.141. The average molecular weight is 751 g/mol. The molecule has 282 valence electrons. The Morgan fingerprint density at radius 2 is 1.85 bits per heavy atom. The van der Waals surface area contributed by atoms with Gasteiger partial charge in [0.15, 0.2) is 0 Å². The van der Waals surface area contributed by atoms with E-state index in [9.17, 15) is 32.0 Å². The Balaban J connectivity index is 1.20. The number of fused-ring (bicyclic) bond motifs is 3. The molecule has 1 aromatic carbocycles. The van der Waals surface area contributed by atoms with Gasteiger partial charge in [0, 0.05) is 25.5 Å². The van der Waals surface area contributed by atoms with E-state index >= 15 is 0 Å². The molecule has 4 amide bonds. The van der Waals surface area contributed by atoms with Crippen molar-refractivity contribution < 1.29 is 36.7 Å². The Labute approximate surface area is 306 Å². The van der Waals surface area contributed by atoms with Crippen LogP contribution in [0, 0.1) is 25.6 Å². The summed E-state index contributed by atoms with van der Waals surface area (Å²) in [6.45, 7) is 3.36. The van der Waals surface area contributed by atoms with Gasteiger partial charge in [-0.3, -0.25) is 28.6 Å². The second-order valence-electron chi connectivity index (χ2n) is 14.6. The van der Waals surface area contributed by atoms with Gasteiger partial charge < -0.3 is 20.3 Å². The summed E-state index contributed by atoms with van der Waals surface area (Å²) in [5.41, 5.74) is 0.519. The van der Waals surface area contributed by atoms with E-state index in [2.05, 4.69) is 30.4 Å². The number of carbonyl (C=O) groups excluding carboxylic acids is 4. The second kappa shape index (κ2) is 14.1. The molecule has 0 bridgehead atoms. The molecule has 2 saturated carbocycles. The molecule has 5 unspecified atom stereocenters. The van der Waals surface area contributed by atoms with E-state index in [1.165, 1.54) is 27.8 Å². The van der Waals surface area contributed by atoms with Gasteiger partial charge in [0.1, 0.15) is 40.9 Å². The van der Waals surface area contributed by atoms with E-state index in [1.54, 1.807) is 27.0 Å². The minimum atomic E-state index is -3.91. The van der Waals surface area contributed by atoms with Crippen molar-refractivity contribution in [2.24, 2.45) is 13.0 Å². The number of rotatable bonds is 7. The van der Waals surface area contributed by atoms with E-state index in [-0.39, 0.29) is 36.5 Å². The Hall–Kier alpha value is -4.93. The minimum Gasteiger partial charge on any atom is -0.471 e. The lowest BCUT2D eigenvalue weighted by atomic mass is 10.0. The van der Waals surface area contributed by atoms with Crippen molar-refractivity contribution in [2.45, 2.75) is 101 Å². The summed E-state index contributed by atoms with van der Waals surface area (Å²) in [4.78, 5) is 66.3. The van der Waals surface area contributed by atoms with Crippen molar-refractivity contribution in [1.82, 2.24) is 40.0 Å². The third-order valence-corrected chi connectivity index (χ3v) is 12.2. The quantitative estimate of drug-likeness (QED) is 0.302. The van der Waals surface area contributed by atoms with Crippen LogP contribution in [0.3, 0.4) is 0 Å². The van der Waals surface area contributed by atoms with Crippen molar-refractivity contribution in [3.63, 3.8) is 0 Å². The molecular formula is C36H43FN8O7S. The van der Waals surface area contributed by atoms with E-state index in [4.69, 9.17) is 4.74 Å². The van der Waals surface area contributed by atoms with Gasteiger partial charge in [0.25, 0.3) is 11.8 Å². The number of benzene rings is 1. The number of carbonyl (C=O) groups is 4. The number of hydrogen-bond donors (Lipinski definition) is 3. The SMILES string of the molecule is Cc1cc(C(=O)NC2CCCCC/C=C\C3CC3(C(=O)NS(=O)(=O)C3CC3)NC(=O)C3CC(Oc4nc5cc(F)ccc5nc4C)CN3C2=O)n(C)n1. The zero-order chi connectivity index (χ0) is 37.7. The maximum Gasteiger partial charge on any atom is 0.270 e. The monoisotopic (exact) mass is 750 g/mol. The molecule has 4 aliphatic rings. The Morgan fingerprint density at radius 1 is 1.06 bits per heavy atom. The van der Waals surface area contributed by atoms with Crippen molar-refractivity contribution >= 4 is 44.7 Å². The highest BCUT2D eigenvalue weighted by Gasteiger charge is 2.62. The molecule has 5 atom stereocenters. The van der Waals surface area contributed by atoms with Crippen molar-refractivity contribution in [1.29, 1.82) is 0 Å². The fourth-order valence-corrected chi connectivity index (χ4v) is 8.64. The average Bonchev–Trinajstić information content (AvgIpc) is 4.00. The van der Waals surface area contributed by atoms with Crippen LogP contribution in [-0.2, 0) is 31.5 Å². The number of sulfonamides is 1. The standard InChI is InChI=1S/C36H43FN8O7S/c1-20-15-29(44(3)42-20)31(46)39-27-10-8-6-4-5-7-9-22-18-36(22,35(49)43-53(50,51)25-12-13-25)41-32(47)30-17-24(19-45(30)34(27)48)52-33-21(2)38-26-14-11-23(37)16-28(26)40-33/h7,9,11,14-16,22,24-25,27,30H,4-6,8,10,12-13,17-19H2,1-3H3,(H,39,46)(H,41,47)(H,43,49)/b9-7-. The molecular weight excluding hydrogens is 708 g/mol. The molecule has 2 aliphatic carbocycles. The predicted octanol–water partition coefficient (Wildman–Crippen LogP) is 2.27. The van der Waals surface area contributed by atoms with Crippen LogP contribution in [0.1, 0.15) is 79.7 Å². The van der Waals surface area contributed by atoms with Gasteiger partial charge >= 0.3 is 0 Å². The zero-order valence-corrected chi connectivity index (χ0v) is 30.6. The van der Waals surface area contributed by atoms with E-state index in [0.29, 0.717) is 49.0 Å². The normalized spacial score (nSPS) is 27.1. The Bertz CT molecular complexity index is 2120. The molecule has 7 rings (SSSR count). The molecule has 0 spiro atoms. The zero-order valence-electron chi connectivity index (χ0n) is 29.8. The summed E-state index contributed by atoms with van der Waals surface area (Å²) in [6, 6.07) is 3.48. The molecule has 3 fully saturated rings. The van der Waals surface area contributed by atoms with Gasteiger partial charge in [-0.05, 0) is 70.6 Å². The Morgan fingerprint density at radius 3 is 2.58 bits per heavy atom. The van der Waals surface area contributed by atoms with Crippen molar-refractivity contribution in [2.75, 3.05) is 6.54 Å². The number of aromatic nitrogens is 4. The van der Waals surface area contributed by atoms with Crippen molar-refractivity contribution in [3.8, 4) is 5.88 Å². The van der Waals surface area contributed by atoms with Crippen LogP contribution in [-0.4, -0.2) is 92.2 Å². The third kappa shape index (κ3) is 7.61. The maximum atomic E-state index is 14.5. The first-order chi connectivity index (χ1) is 25.2. The maximum absolute atomic E-state index is 14.5. The number of amides is 4. The predicted molar refractivity (Wildman–Crippen MR) is 189 cm³/mol. The van der Waals surface area contributed by atoms with E-state index < -0.39 is 74.4 Å². The molecule has 53 heavy (non-hydrogen) atoms. The minimum absolute atomic E-state index is 0.0138. The highest BCUT2D eigenvalue weighted by Crippen LogP contribution is 2.46. The van der Waals surface area contributed by atoms with Crippen LogP contribution in [0.4, 0.5) is 4.39 Å². The first-order valence-corrected chi connectivity index (χ1v) is 19.6. The van der Waals surface area contributed by atoms with Gasteiger partial charge in [-0.1, -0.05) is 25.0 Å². The van der Waals surface area contributed by atoms with Crippen LogP contribution in [0.2, 0.25) is 0 Å². The van der Waals surface area contributed by atoms with Gasteiger partial charge in [-0.2, -0.15) is 5.10 Å². The number of hydrogen-bond acceptors (Lipinski definition) is 10. The van der Waals surface area contributed by atoms with Crippen LogP contribution < -0.4 is 20.1 Å². The number of ether oxygens (including phenoxy) is 1. The highest BCUT2D eigenvalue weighted by atomic mass is 32.2. The number of aryl methyl sites for hydroxylation is 3. The van der Waals surface area contributed by atoms with E-state index in [1.807, 2.05) is 12.2 Å². The van der Waals surface area contributed by atoms with Gasteiger partial charge in [0.05, 0.1) is 28.5 Å². The summed E-state index contributed by atoms with van der Waals surface area (Å²) in [5, 5.41) is 9.33. The number of halogens is 1. The topological polar surface area (TPSA) is 195 Å². The Kier molecular flexibility index (Phi) is 9.72. The van der Waals surface area contributed by atoms with Crippen LogP contribution >= 0.6 is 0 Å². The number of allylic oxidation sites excluding steroid dienone is 1. The molecule has 3 aromatic rings. The summed E-state index contributed by atoms with van der Waals surface area (Å²) in [7, 11) is -2.27. The fraction of sp³-hybridized carbons (Fsp3) is 0.528. The highest BCUT2D eigenvalue weighted by molar-refractivity contribution is 7.91. The molecule has 4 heterocycles. The van der Waals surface area contributed by atoms with Gasteiger partial charge in [0.2, 0.25) is 27.7 Å². The smallest absolute Gasteiger partial charge is 0.270 e. The fourth-order valence-electron chi connectivity index (χ4n) is 7.27. The summed E-state index contributed by atoms with van der Waals surface area (Å²) >= 11 is 0. The number of nitrogens with one attached hydrogen (secondary N) is 3. The molecule has 2 aliphatic heterocycles. The largest absolute Gasteiger partial charge is 0.471 e. The van der Waals surface area contributed by atoms with Crippen LogP contribution in [0.15, 0.2) is 36.4 Å². The van der Waals surface area contributed by atoms with Crippen LogP contribution in [0.25, 0.3) is 11.0 Å². The van der Waals surface area contributed by atoms with Gasteiger partial charge in [-0.15, -0.1) is 0 Å². The first-order valence-electron chi connectivity index (χ1n) is 18.0. The third-order valence-electron chi connectivity index (χ3n) is 10.4. The van der Waals surface area contributed by atoms with Gasteiger partial charge in [-0.25, -0.2) is 22.8 Å². The molecule has 15 nitrogen and oxygen atoms in total. The molecule has 2 aromatic heterocycles. The first kappa shape index (κ1) is 36.4. The molecule has 0 radical (unpaired) electrons. The van der Waals surface area contributed by atoms with Crippen LogP contribution in [0.5, 0.6) is 5.88 Å². The van der Waals surface area contributed by atoms with E-state index in [0.717, 1.165) is 12.8 Å². The number of nitrogens with zero attached hydrogens (tertiary/aromatic N) is 5. The summed E-state index contributed by atoms with van der Waals surface area (Å²) in [5.74, 6) is -3.33. The molecule has 17 heteroatoms.